The van der Waals surface area contributed by atoms with E-state index in [4.69, 9.17) is 0 Å². The molecule has 0 bridgehead atoms. The second-order valence-electron chi connectivity index (χ2n) is 7.31. The molecule has 7 heteroatoms. The summed E-state index contributed by atoms with van der Waals surface area (Å²) in [6, 6.07) is 21.3. The predicted molar refractivity (Wildman–Crippen MR) is 119 cm³/mol. The number of aromatic nitrogens is 3. The maximum Gasteiger partial charge on any atom is 0.239 e. The van der Waals surface area contributed by atoms with Crippen LogP contribution in [0, 0.1) is 0 Å². The molecule has 0 spiro atoms. The number of carbonyl (C=O) groups is 2. The van der Waals surface area contributed by atoms with Gasteiger partial charge in [0.05, 0.1) is 24.7 Å². The zero-order chi connectivity index (χ0) is 21.6. The van der Waals surface area contributed by atoms with E-state index in [2.05, 4.69) is 20.7 Å². The fourth-order valence-corrected chi connectivity index (χ4v) is 3.49. The molecule has 0 radical (unpaired) electrons. The van der Waals surface area contributed by atoms with Crippen molar-refractivity contribution in [2.24, 2.45) is 0 Å². The van der Waals surface area contributed by atoms with Crippen molar-refractivity contribution in [1.82, 2.24) is 25.4 Å². The Labute approximate surface area is 180 Å². The molecule has 2 amide bonds. The van der Waals surface area contributed by atoms with Crippen LogP contribution >= 0.6 is 0 Å². The minimum Gasteiger partial charge on any atom is -0.348 e. The molecule has 31 heavy (non-hydrogen) atoms. The Morgan fingerprint density at radius 3 is 2.52 bits per heavy atom. The van der Waals surface area contributed by atoms with Gasteiger partial charge in [-0.2, -0.15) is 5.10 Å². The maximum absolute atomic E-state index is 12.4. The van der Waals surface area contributed by atoms with Gasteiger partial charge in [-0.1, -0.05) is 54.6 Å². The number of amides is 2. The predicted octanol–water partition coefficient (Wildman–Crippen LogP) is 2.96. The first-order chi connectivity index (χ1) is 15.1. The molecule has 0 aliphatic rings. The van der Waals surface area contributed by atoms with Crippen LogP contribution in [0.4, 0.5) is 0 Å². The molecule has 0 aliphatic heterocycles. The summed E-state index contributed by atoms with van der Waals surface area (Å²) in [7, 11) is 0. The molecule has 7 nitrogen and oxygen atoms in total. The number of nitrogens with one attached hydrogen (secondary N) is 2. The summed E-state index contributed by atoms with van der Waals surface area (Å²) >= 11 is 0. The molecule has 0 saturated carbocycles. The van der Waals surface area contributed by atoms with Gasteiger partial charge in [0.25, 0.3) is 0 Å². The van der Waals surface area contributed by atoms with Crippen LogP contribution in [-0.2, 0) is 16.0 Å². The van der Waals surface area contributed by atoms with E-state index in [9.17, 15) is 9.59 Å². The lowest BCUT2D eigenvalue weighted by atomic mass is 10.0. The Balaban J connectivity index is 1.29. The van der Waals surface area contributed by atoms with Gasteiger partial charge in [-0.3, -0.25) is 9.59 Å². The van der Waals surface area contributed by atoms with Crippen LogP contribution in [0.15, 0.2) is 79.4 Å². The molecule has 156 valence electrons. The van der Waals surface area contributed by atoms with Gasteiger partial charge in [0, 0.05) is 0 Å². The molecule has 2 N–H and O–H groups in total. The average molecular weight is 413 g/mol. The molecular formula is C24H23N5O2. The number of carbonyl (C=O) groups excluding carboxylic acids is 2. The minimum absolute atomic E-state index is 0.0645. The first-order valence-corrected chi connectivity index (χ1v) is 10.1. The Morgan fingerprint density at radius 2 is 1.74 bits per heavy atom. The third-order valence-electron chi connectivity index (χ3n) is 5.13. The van der Waals surface area contributed by atoms with Crippen LogP contribution in [0.2, 0.25) is 0 Å². The van der Waals surface area contributed by atoms with E-state index < -0.39 is 0 Å². The summed E-state index contributed by atoms with van der Waals surface area (Å²) in [5.74, 6) is -0.421. The Kier molecular flexibility index (Phi) is 6.03. The third-order valence-corrected chi connectivity index (χ3v) is 5.13. The van der Waals surface area contributed by atoms with Crippen LogP contribution in [0.25, 0.3) is 16.5 Å². The lowest BCUT2D eigenvalue weighted by Gasteiger charge is -2.15. The van der Waals surface area contributed by atoms with Crippen molar-refractivity contribution < 1.29 is 9.59 Å². The molecule has 1 unspecified atom stereocenters. The molecular weight excluding hydrogens is 390 g/mol. The van der Waals surface area contributed by atoms with Crippen LogP contribution in [0.5, 0.6) is 0 Å². The van der Waals surface area contributed by atoms with E-state index in [1.165, 1.54) is 6.33 Å². The van der Waals surface area contributed by atoms with Gasteiger partial charge in [-0.15, -0.1) is 0 Å². The highest BCUT2D eigenvalue weighted by Crippen LogP contribution is 2.19. The Morgan fingerprint density at radius 1 is 0.968 bits per heavy atom. The van der Waals surface area contributed by atoms with Crippen molar-refractivity contribution in [3.63, 3.8) is 0 Å². The van der Waals surface area contributed by atoms with Crippen molar-refractivity contribution in [2.45, 2.75) is 19.4 Å². The van der Waals surface area contributed by atoms with Crippen molar-refractivity contribution in [2.75, 3.05) is 6.54 Å². The van der Waals surface area contributed by atoms with Crippen LogP contribution < -0.4 is 10.6 Å². The van der Waals surface area contributed by atoms with Crippen molar-refractivity contribution >= 4 is 22.6 Å². The van der Waals surface area contributed by atoms with Crippen LogP contribution in [0.1, 0.15) is 24.1 Å². The SMILES string of the molecule is CC(NC(=O)CNC(=O)Cc1cccc2ccccc12)c1ccc(-n2cncn2)cc1. The molecule has 0 fully saturated rings. The molecule has 4 aromatic rings. The second-order valence-corrected chi connectivity index (χ2v) is 7.31. The Bertz CT molecular complexity index is 1180. The van der Waals surface area contributed by atoms with Crippen molar-refractivity contribution in [3.05, 3.63) is 90.5 Å². The van der Waals surface area contributed by atoms with Gasteiger partial charge in [0.15, 0.2) is 0 Å². The third kappa shape index (κ3) is 4.95. The van der Waals surface area contributed by atoms with Crippen LogP contribution in [0.3, 0.4) is 0 Å². The summed E-state index contributed by atoms with van der Waals surface area (Å²) in [6.45, 7) is 1.84. The molecule has 3 aromatic carbocycles. The largest absolute Gasteiger partial charge is 0.348 e. The average Bonchev–Trinajstić information content (AvgIpc) is 3.33. The number of fused-ring (bicyclic) bond motifs is 1. The molecule has 1 aromatic heterocycles. The highest BCUT2D eigenvalue weighted by molar-refractivity contribution is 5.91. The lowest BCUT2D eigenvalue weighted by Crippen LogP contribution is -2.38. The molecule has 0 saturated heterocycles. The summed E-state index contributed by atoms with van der Waals surface area (Å²) in [5, 5.41) is 11.9. The zero-order valence-electron chi connectivity index (χ0n) is 17.2. The molecule has 1 atom stereocenters. The van der Waals surface area contributed by atoms with E-state index in [0.717, 1.165) is 27.6 Å². The summed E-state index contributed by atoms with van der Waals surface area (Å²) in [6.07, 6.45) is 3.33. The number of nitrogens with zero attached hydrogens (tertiary/aromatic N) is 3. The number of hydrogen-bond acceptors (Lipinski definition) is 4. The van der Waals surface area contributed by atoms with E-state index in [1.54, 1.807) is 11.0 Å². The summed E-state index contributed by atoms with van der Waals surface area (Å²) in [4.78, 5) is 28.6. The fraction of sp³-hybridized carbons (Fsp3) is 0.167. The first-order valence-electron chi connectivity index (χ1n) is 10.1. The summed E-state index contributed by atoms with van der Waals surface area (Å²) < 4.78 is 1.67. The van der Waals surface area contributed by atoms with Gasteiger partial charge in [0.2, 0.25) is 11.8 Å². The minimum atomic E-state index is -0.237. The van der Waals surface area contributed by atoms with E-state index in [1.807, 2.05) is 73.7 Å². The van der Waals surface area contributed by atoms with Gasteiger partial charge in [-0.25, -0.2) is 9.67 Å². The monoisotopic (exact) mass is 413 g/mol. The summed E-state index contributed by atoms with van der Waals surface area (Å²) in [5.41, 5.74) is 2.79. The smallest absolute Gasteiger partial charge is 0.239 e. The van der Waals surface area contributed by atoms with E-state index >= 15 is 0 Å². The van der Waals surface area contributed by atoms with Crippen molar-refractivity contribution in [3.8, 4) is 5.69 Å². The second kappa shape index (κ2) is 9.21. The number of rotatable bonds is 7. The Hall–Kier alpha value is -4.00. The van der Waals surface area contributed by atoms with Gasteiger partial charge < -0.3 is 10.6 Å². The normalized spacial score (nSPS) is 11.8. The van der Waals surface area contributed by atoms with E-state index in [0.29, 0.717) is 0 Å². The van der Waals surface area contributed by atoms with Gasteiger partial charge in [-0.05, 0) is 41.0 Å². The standard InChI is InChI=1S/C24H23N5O2/c1-17(18-9-11-21(12-10-18)29-16-25-15-27-29)28-24(31)14-26-23(30)13-20-7-4-6-19-5-2-3-8-22(19)20/h2-12,15-17H,13-14H2,1H3,(H,26,30)(H,28,31). The zero-order valence-corrected chi connectivity index (χ0v) is 17.2. The molecule has 0 aliphatic carbocycles. The maximum atomic E-state index is 12.4. The van der Waals surface area contributed by atoms with Crippen molar-refractivity contribution in [1.29, 1.82) is 0 Å². The number of benzene rings is 3. The van der Waals surface area contributed by atoms with Gasteiger partial charge in [0.1, 0.15) is 12.7 Å². The molecule has 4 rings (SSSR count). The first kappa shape index (κ1) is 20.3. The highest BCUT2D eigenvalue weighted by Gasteiger charge is 2.12. The van der Waals surface area contributed by atoms with Gasteiger partial charge >= 0.3 is 0 Å². The lowest BCUT2D eigenvalue weighted by molar-refractivity contribution is -0.126. The van der Waals surface area contributed by atoms with E-state index in [-0.39, 0.29) is 30.8 Å². The number of hydrogen-bond donors (Lipinski definition) is 2. The highest BCUT2D eigenvalue weighted by atomic mass is 16.2. The quantitative estimate of drug-likeness (QED) is 0.488. The molecule has 1 heterocycles. The fourth-order valence-electron chi connectivity index (χ4n) is 3.49. The van der Waals surface area contributed by atoms with Crippen LogP contribution in [-0.4, -0.2) is 33.1 Å². The topological polar surface area (TPSA) is 88.9 Å².